The summed E-state index contributed by atoms with van der Waals surface area (Å²) < 4.78 is 0. The first-order valence-corrected chi connectivity index (χ1v) is 5.65. The van der Waals surface area contributed by atoms with E-state index in [1.807, 2.05) is 0 Å². The molecule has 0 unspecified atom stereocenters. The van der Waals surface area contributed by atoms with Crippen LogP contribution in [0.4, 0.5) is 0 Å². The highest BCUT2D eigenvalue weighted by Crippen LogP contribution is 2.37. The monoisotopic (exact) mass is 268 g/mol. The van der Waals surface area contributed by atoms with Crippen LogP contribution in [0.2, 0.25) is 0 Å². The Bertz CT molecular complexity index is 522. The van der Waals surface area contributed by atoms with Crippen molar-refractivity contribution < 1.29 is 24.6 Å². The molecule has 102 valence electrons. The standard InChI is InChI=1S/C10H12N4O5/c15-6(16)3-5(10(18)19)11-9(17)8-12-7(13-14-8)4-1-2-4/h4-5H,1-3H2,(H,11,17)(H,15,16)(H,18,19)(H,12,13,14)/t5-/m1/s1. The van der Waals surface area contributed by atoms with Gasteiger partial charge in [-0.05, 0) is 12.8 Å². The molecular weight excluding hydrogens is 256 g/mol. The van der Waals surface area contributed by atoms with Crippen molar-refractivity contribution in [2.24, 2.45) is 0 Å². The molecule has 0 aromatic carbocycles. The Kier molecular flexibility index (Phi) is 3.45. The van der Waals surface area contributed by atoms with E-state index in [4.69, 9.17) is 10.2 Å². The molecule has 19 heavy (non-hydrogen) atoms. The first kappa shape index (κ1) is 13.0. The summed E-state index contributed by atoms with van der Waals surface area (Å²) in [4.78, 5) is 36.9. The molecule has 1 saturated carbocycles. The summed E-state index contributed by atoms with van der Waals surface area (Å²) in [5, 5.41) is 25.7. The van der Waals surface area contributed by atoms with Crippen molar-refractivity contribution in [3.8, 4) is 0 Å². The zero-order valence-electron chi connectivity index (χ0n) is 9.79. The molecule has 0 aliphatic heterocycles. The van der Waals surface area contributed by atoms with Crippen molar-refractivity contribution in [3.05, 3.63) is 11.6 Å². The fraction of sp³-hybridized carbons (Fsp3) is 0.500. The predicted octanol–water partition coefficient (Wildman–Crippen LogP) is -0.660. The lowest BCUT2D eigenvalue weighted by atomic mass is 10.2. The largest absolute Gasteiger partial charge is 0.481 e. The third-order valence-corrected chi connectivity index (χ3v) is 2.65. The van der Waals surface area contributed by atoms with Crippen molar-refractivity contribution in [2.75, 3.05) is 0 Å². The molecule has 1 aromatic heterocycles. The van der Waals surface area contributed by atoms with E-state index in [0.29, 0.717) is 5.82 Å². The Balaban J connectivity index is 2.00. The summed E-state index contributed by atoms with van der Waals surface area (Å²) in [7, 11) is 0. The van der Waals surface area contributed by atoms with E-state index in [-0.39, 0.29) is 11.7 Å². The number of aromatic amines is 1. The molecule has 2 rings (SSSR count). The maximum atomic E-state index is 11.7. The van der Waals surface area contributed by atoms with Crippen LogP contribution in [0.5, 0.6) is 0 Å². The van der Waals surface area contributed by atoms with Gasteiger partial charge in [0.1, 0.15) is 11.9 Å². The molecule has 1 fully saturated rings. The third kappa shape index (κ3) is 3.27. The van der Waals surface area contributed by atoms with Crippen LogP contribution in [0, 0.1) is 0 Å². The van der Waals surface area contributed by atoms with Crippen molar-refractivity contribution >= 4 is 17.8 Å². The maximum Gasteiger partial charge on any atom is 0.326 e. The smallest absolute Gasteiger partial charge is 0.326 e. The second-order valence-corrected chi connectivity index (χ2v) is 4.28. The van der Waals surface area contributed by atoms with Gasteiger partial charge in [0, 0.05) is 5.92 Å². The van der Waals surface area contributed by atoms with Gasteiger partial charge < -0.3 is 15.5 Å². The van der Waals surface area contributed by atoms with Gasteiger partial charge in [0.15, 0.2) is 0 Å². The van der Waals surface area contributed by atoms with Crippen LogP contribution in [0.15, 0.2) is 0 Å². The number of carboxylic acids is 2. The lowest BCUT2D eigenvalue weighted by molar-refractivity contribution is -0.145. The van der Waals surface area contributed by atoms with Gasteiger partial charge in [-0.15, -0.1) is 5.10 Å². The highest BCUT2D eigenvalue weighted by Gasteiger charge is 2.29. The van der Waals surface area contributed by atoms with Crippen molar-refractivity contribution in [2.45, 2.75) is 31.2 Å². The van der Waals surface area contributed by atoms with Crippen LogP contribution in [0.25, 0.3) is 0 Å². The summed E-state index contributed by atoms with van der Waals surface area (Å²) in [5.41, 5.74) is 0. The van der Waals surface area contributed by atoms with Gasteiger partial charge in [-0.3, -0.25) is 14.7 Å². The summed E-state index contributed by atoms with van der Waals surface area (Å²) >= 11 is 0. The lowest BCUT2D eigenvalue weighted by Gasteiger charge is -2.10. The Labute approximate surface area is 107 Å². The SMILES string of the molecule is O=C(O)C[C@@H](NC(=O)c1n[nH]c(C2CC2)n1)C(=O)O. The Hall–Kier alpha value is -2.45. The molecule has 9 heteroatoms. The summed E-state index contributed by atoms with van der Waals surface area (Å²) in [6.45, 7) is 0. The van der Waals surface area contributed by atoms with Crippen LogP contribution in [-0.4, -0.2) is 49.3 Å². The van der Waals surface area contributed by atoms with E-state index in [1.165, 1.54) is 0 Å². The normalized spacial score (nSPS) is 15.8. The number of carbonyl (C=O) groups is 3. The summed E-state index contributed by atoms with van der Waals surface area (Å²) in [6.07, 6.45) is 1.25. The van der Waals surface area contributed by atoms with Gasteiger partial charge in [-0.2, -0.15) is 0 Å². The number of amides is 1. The average Bonchev–Trinajstić information content (AvgIpc) is 3.05. The number of carboxylic acid groups (broad SMARTS) is 2. The minimum Gasteiger partial charge on any atom is -0.481 e. The van der Waals surface area contributed by atoms with Crippen LogP contribution < -0.4 is 5.32 Å². The Morgan fingerprint density at radius 2 is 2.05 bits per heavy atom. The van der Waals surface area contributed by atoms with Gasteiger partial charge in [-0.25, -0.2) is 9.78 Å². The Morgan fingerprint density at radius 3 is 2.58 bits per heavy atom. The average molecular weight is 268 g/mol. The highest BCUT2D eigenvalue weighted by atomic mass is 16.4. The van der Waals surface area contributed by atoms with Gasteiger partial charge in [-0.1, -0.05) is 0 Å². The van der Waals surface area contributed by atoms with Crippen molar-refractivity contribution in [3.63, 3.8) is 0 Å². The molecule has 1 amide bonds. The van der Waals surface area contributed by atoms with Crippen molar-refractivity contribution in [1.29, 1.82) is 0 Å². The second-order valence-electron chi connectivity index (χ2n) is 4.28. The molecule has 1 atom stereocenters. The van der Waals surface area contributed by atoms with Crippen LogP contribution in [0.3, 0.4) is 0 Å². The molecule has 0 saturated heterocycles. The molecule has 1 aliphatic rings. The molecule has 0 radical (unpaired) electrons. The fourth-order valence-electron chi connectivity index (χ4n) is 1.51. The minimum atomic E-state index is -1.51. The fourth-order valence-corrected chi connectivity index (χ4v) is 1.51. The number of rotatable bonds is 6. The number of carbonyl (C=O) groups excluding carboxylic acids is 1. The van der Waals surface area contributed by atoms with Crippen LogP contribution in [0.1, 0.15) is 41.6 Å². The zero-order chi connectivity index (χ0) is 14.0. The summed E-state index contributed by atoms with van der Waals surface area (Å²) in [5.74, 6) is -2.86. The van der Waals surface area contributed by atoms with Gasteiger partial charge in [0.2, 0.25) is 5.82 Å². The number of aromatic nitrogens is 3. The van der Waals surface area contributed by atoms with E-state index in [9.17, 15) is 14.4 Å². The minimum absolute atomic E-state index is 0.182. The summed E-state index contributed by atoms with van der Waals surface area (Å²) in [6, 6.07) is -1.51. The molecule has 1 aliphatic carbocycles. The number of nitrogens with one attached hydrogen (secondary N) is 2. The highest BCUT2D eigenvalue weighted by molar-refractivity contribution is 5.94. The second kappa shape index (κ2) is 5.04. The van der Waals surface area contributed by atoms with Gasteiger partial charge >= 0.3 is 11.9 Å². The van der Waals surface area contributed by atoms with Gasteiger partial charge in [0.25, 0.3) is 5.91 Å². The number of hydrogen-bond donors (Lipinski definition) is 4. The molecule has 1 heterocycles. The van der Waals surface area contributed by atoms with E-state index in [1.54, 1.807) is 0 Å². The third-order valence-electron chi connectivity index (χ3n) is 2.65. The first-order valence-electron chi connectivity index (χ1n) is 5.65. The van der Waals surface area contributed by atoms with E-state index in [0.717, 1.165) is 12.8 Å². The molecule has 0 spiro atoms. The van der Waals surface area contributed by atoms with Gasteiger partial charge in [0.05, 0.1) is 6.42 Å². The van der Waals surface area contributed by atoms with Crippen molar-refractivity contribution in [1.82, 2.24) is 20.5 Å². The maximum absolute atomic E-state index is 11.7. The topological polar surface area (TPSA) is 145 Å². The number of hydrogen-bond acceptors (Lipinski definition) is 5. The zero-order valence-corrected chi connectivity index (χ0v) is 9.79. The number of nitrogens with zero attached hydrogens (tertiary/aromatic N) is 2. The van der Waals surface area contributed by atoms with E-state index < -0.39 is 30.3 Å². The molecule has 0 bridgehead atoms. The lowest BCUT2D eigenvalue weighted by Crippen LogP contribution is -2.42. The van der Waals surface area contributed by atoms with E-state index >= 15 is 0 Å². The molecule has 9 nitrogen and oxygen atoms in total. The predicted molar refractivity (Wildman–Crippen MR) is 59.5 cm³/mol. The molecule has 1 aromatic rings. The van der Waals surface area contributed by atoms with Crippen LogP contribution >= 0.6 is 0 Å². The molecule has 4 N–H and O–H groups in total. The molecular formula is C10H12N4O5. The first-order chi connectivity index (χ1) is 8.97. The Morgan fingerprint density at radius 1 is 1.37 bits per heavy atom. The number of H-pyrrole nitrogens is 1. The van der Waals surface area contributed by atoms with Crippen LogP contribution in [-0.2, 0) is 9.59 Å². The quantitative estimate of drug-likeness (QED) is 0.535. The van der Waals surface area contributed by atoms with E-state index in [2.05, 4.69) is 20.5 Å². The number of aliphatic carboxylic acids is 2.